The van der Waals surface area contributed by atoms with Crippen molar-refractivity contribution in [3.63, 3.8) is 0 Å². The van der Waals surface area contributed by atoms with Crippen LogP contribution in [0.15, 0.2) is 0 Å². The second kappa shape index (κ2) is 10.1. The summed E-state index contributed by atoms with van der Waals surface area (Å²) in [4.78, 5) is 34.1. The van der Waals surface area contributed by atoms with E-state index >= 15 is 0 Å². The maximum absolute atomic E-state index is 11.5. The highest BCUT2D eigenvalue weighted by Gasteiger charge is 2.49. The first-order chi connectivity index (χ1) is 11.6. The van der Waals surface area contributed by atoms with Gasteiger partial charge in [-0.15, -0.1) is 0 Å². The fraction of sp³-hybridized carbons (Fsp3) is 0.714. The van der Waals surface area contributed by atoms with Gasteiger partial charge in [-0.3, -0.25) is 14.4 Å². The molecule has 1 heterocycles. The average molecular weight is 489 g/mol. The van der Waals surface area contributed by atoms with Crippen LogP contribution in [0.4, 0.5) is 0 Å². The molecule has 0 spiro atoms. The molecule has 0 aliphatic carbocycles. The van der Waals surface area contributed by atoms with Crippen molar-refractivity contribution in [3.05, 3.63) is 0 Å². The van der Waals surface area contributed by atoms with Crippen molar-refractivity contribution in [2.75, 3.05) is 13.7 Å². The maximum atomic E-state index is 11.5. The SMILES string of the molecule is COC(=S)N[C@H]1O[C@H](COC(C)=O)[C@@H](OC(C)=O)[C@H](OC(C)=O)[C@@H]1I. The number of ether oxygens (including phenoxy) is 5. The number of rotatable bonds is 5. The van der Waals surface area contributed by atoms with E-state index in [0.29, 0.717) is 0 Å². The number of methoxy groups -OCH3 is 1. The lowest BCUT2D eigenvalue weighted by molar-refractivity contribution is -0.212. The third-order valence-corrected chi connectivity index (χ3v) is 4.76. The summed E-state index contributed by atoms with van der Waals surface area (Å²) in [5.74, 6) is -1.66. The molecule has 5 atom stereocenters. The zero-order valence-electron chi connectivity index (χ0n) is 14.1. The van der Waals surface area contributed by atoms with Crippen molar-refractivity contribution >= 4 is 57.9 Å². The molecule has 1 aliphatic rings. The third kappa shape index (κ3) is 6.90. The summed E-state index contributed by atoms with van der Waals surface area (Å²) in [5, 5.41) is 2.89. The number of carbonyl (C=O) groups is 3. The van der Waals surface area contributed by atoms with E-state index in [0.717, 1.165) is 0 Å². The molecule has 1 fully saturated rings. The maximum Gasteiger partial charge on any atom is 0.303 e. The Morgan fingerprint density at radius 2 is 1.64 bits per heavy atom. The lowest BCUT2D eigenvalue weighted by Gasteiger charge is -2.43. The summed E-state index contributed by atoms with van der Waals surface area (Å²) in [7, 11) is 1.39. The molecule has 11 heteroatoms. The van der Waals surface area contributed by atoms with E-state index in [-0.39, 0.29) is 11.8 Å². The van der Waals surface area contributed by atoms with Crippen LogP contribution in [0.3, 0.4) is 0 Å². The predicted octanol–water partition coefficient (Wildman–Crippen LogP) is 0.462. The van der Waals surface area contributed by atoms with Crippen LogP contribution < -0.4 is 5.32 Å². The Balaban J connectivity index is 3.08. The van der Waals surface area contributed by atoms with Crippen LogP contribution in [-0.4, -0.2) is 65.3 Å². The molecule has 9 nitrogen and oxygen atoms in total. The van der Waals surface area contributed by atoms with Gasteiger partial charge in [0, 0.05) is 20.8 Å². The Labute approximate surface area is 164 Å². The van der Waals surface area contributed by atoms with Crippen LogP contribution in [0.25, 0.3) is 0 Å². The van der Waals surface area contributed by atoms with Gasteiger partial charge in [0.25, 0.3) is 5.17 Å². The molecule has 0 aromatic carbocycles. The molecule has 142 valence electrons. The van der Waals surface area contributed by atoms with Crippen molar-refractivity contribution in [3.8, 4) is 0 Å². The fourth-order valence-electron chi connectivity index (χ4n) is 2.19. The summed E-state index contributed by atoms with van der Waals surface area (Å²) in [6.07, 6.45) is -3.37. The molecule has 0 amide bonds. The van der Waals surface area contributed by atoms with E-state index in [2.05, 4.69) is 5.32 Å². The topological polar surface area (TPSA) is 109 Å². The highest BCUT2D eigenvalue weighted by atomic mass is 127. The number of halogens is 1. The first-order valence-electron chi connectivity index (χ1n) is 7.27. The number of hydrogen-bond donors (Lipinski definition) is 1. The summed E-state index contributed by atoms with van der Waals surface area (Å²) in [6, 6.07) is 0. The van der Waals surface area contributed by atoms with Gasteiger partial charge in [-0.2, -0.15) is 0 Å². The molecule has 1 aliphatic heterocycles. The van der Waals surface area contributed by atoms with Crippen LogP contribution in [0, 0.1) is 0 Å². The Morgan fingerprint density at radius 3 is 2.12 bits per heavy atom. The summed E-state index contributed by atoms with van der Waals surface area (Å²) in [5.41, 5.74) is 0. The molecule has 0 aromatic rings. The number of alkyl halides is 1. The zero-order chi connectivity index (χ0) is 19.1. The molecule has 0 aromatic heterocycles. The Hall–Kier alpha value is -1.21. The Bertz CT molecular complexity index is 531. The van der Waals surface area contributed by atoms with Gasteiger partial charge in [0.2, 0.25) is 0 Å². The zero-order valence-corrected chi connectivity index (χ0v) is 17.1. The number of nitrogens with one attached hydrogen (secondary N) is 1. The van der Waals surface area contributed by atoms with Gasteiger partial charge in [0.1, 0.15) is 18.9 Å². The molecule has 0 saturated carbocycles. The molecule has 1 N–H and O–H groups in total. The summed E-state index contributed by atoms with van der Waals surface area (Å²) >= 11 is 6.96. The summed E-state index contributed by atoms with van der Waals surface area (Å²) in [6.45, 7) is 3.52. The van der Waals surface area contributed by atoms with Crippen molar-refractivity contribution < 1.29 is 38.1 Å². The van der Waals surface area contributed by atoms with Gasteiger partial charge >= 0.3 is 17.9 Å². The molecular formula is C14H20INO8S. The van der Waals surface area contributed by atoms with E-state index in [4.69, 9.17) is 35.9 Å². The van der Waals surface area contributed by atoms with Crippen molar-refractivity contribution in [2.24, 2.45) is 0 Å². The summed E-state index contributed by atoms with van der Waals surface area (Å²) < 4.78 is 25.8. The van der Waals surface area contributed by atoms with Crippen LogP contribution >= 0.6 is 34.8 Å². The molecule has 0 bridgehead atoms. The van der Waals surface area contributed by atoms with E-state index in [1.54, 1.807) is 0 Å². The molecule has 0 radical (unpaired) electrons. The van der Waals surface area contributed by atoms with Gasteiger partial charge < -0.3 is 29.0 Å². The minimum Gasteiger partial charge on any atom is -0.474 e. The monoisotopic (exact) mass is 489 g/mol. The number of hydrogen-bond acceptors (Lipinski definition) is 9. The smallest absolute Gasteiger partial charge is 0.303 e. The normalized spacial score (nSPS) is 28.4. The van der Waals surface area contributed by atoms with Gasteiger partial charge in [0.05, 0.1) is 11.0 Å². The van der Waals surface area contributed by atoms with Gasteiger partial charge in [-0.1, -0.05) is 22.6 Å². The van der Waals surface area contributed by atoms with Crippen LogP contribution in [-0.2, 0) is 38.1 Å². The lowest BCUT2D eigenvalue weighted by atomic mass is 10.00. The van der Waals surface area contributed by atoms with Gasteiger partial charge in [-0.05, 0) is 12.2 Å². The molecule has 1 rings (SSSR count). The minimum absolute atomic E-state index is 0.0745. The first-order valence-corrected chi connectivity index (χ1v) is 8.93. The molecular weight excluding hydrogens is 469 g/mol. The van der Waals surface area contributed by atoms with Crippen LogP contribution in [0.2, 0.25) is 0 Å². The Kier molecular flexibility index (Phi) is 8.79. The highest BCUT2D eigenvalue weighted by molar-refractivity contribution is 14.1. The second-order valence-corrected chi connectivity index (χ2v) is 6.94. The average Bonchev–Trinajstić information content (AvgIpc) is 2.51. The molecule has 0 unspecified atom stereocenters. The third-order valence-electron chi connectivity index (χ3n) is 3.12. The molecule has 25 heavy (non-hydrogen) atoms. The molecule has 1 saturated heterocycles. The van der Waals surface area contributed by atoms with E-state index in [9.17, 15) is 14.4 Å². The van der Waals surface area contributed by atoms with Crippen LogP contribution in [0.5, 0.6) is 0 Å². The highest BCUT2D eigenvalue weighted by Crippen LogP contribution is 2.30. The lowest BCUT2D eigenvalue weighted by Crippen LogP contribution is -2.63. The predicted molar refractivity (Wildman–Crippen MR) is 97.0 cm³/mol. The number of esters is 3. The van der Waals surface area contributed by atoms with Crippen molar-refractivity contribution in [1.29, 1.82) is 0 Å². The quantitative estimate of drug-likeness (QED) is 0.192. The fourth-order valence-corrected chi connectivity index (χ4v) is 3.21. The van der Waals surface area contributed by atoms with Gasteiger partial charge in [0.15, 0.2) is 12.2 Å². The van der Waals surface area contributed by atoms with Crippen molar-refractivity contribution in [2.45, 2.75) is 49.2 Å². The number of carbonyl (C=O) groups excluding carboxylic acids is 3. The minimum atomic E-state index is -0.947. The van der Waals surface area contributed by atoms with Crippen molar-refractivity contribution in [1.82, 2.24) is 5.32 Å². The van der Waals surface area contributed by atoms with E-state index in [1.165, 1.54) is 27.9 Å². The van der Waals surface area contributed by atoms with Gasteiger partial charge in [-0.25, -0.2) is 0 Å². The Morgan fingerprint density at radius 1 is 1.08 bits per heavy atom. The first kappa shape index (κ1) is 21.8. The largest absolute Gasteiger partial charge is 0.474 e. The number of thiocarbonyl (C=S) groups is 1. The van der Waals surface area contributed by atoms with Crippen LogP contribution in [0.1, 0.15) is 20.8 Å². The van der Waals surface area contributed by atoms with E-state index in [1.807, 2.05) is 22.6 Å². The standard InChI is InChI=1S/C14H20INO8S/c1-6(17)21-5-9-11(22-7(2)18)12(23-8(3)19)10(15)13(24-9)16-14(25)20-4/h9-13H,5H2,1-4H3,(H,16,25)/t9-,10+,11-,12-,13+/m1/s1. The second-order valence-electron chi connectivity index (χ2n) is 5.13. The van der Waals surface area contributed by atoms with E-state index < -0.39 is 46.4 Å².